The van der Waals surface area contributed by atoms with E-state index in [2.05, 4.69) is 25.0 Å². The minimum atomic E-state index is -1.30. The summed E-state index contributed by atoms with van der Waals surface area (Å²) < 4.78 is 1.71. The Balaban J connectivity index is 1.65. The van der Waals surface area contributed by atoms with Gasteiger partial charge in [0.25, 0.3) is 0 Å². The number of hydrogen-bond acceptors (Lipinski definition) is 7. The van der Waals surface area contributed by atoms with Gasteiger partial charge in [0, 0.05) is 30.6 Å². The second-order valence-corrected chi connectivity index (χ2v) is 7.63. The number of nitrogens with zero attached hydrogens (tertiary/aromatic N) is 6. The number of fused-ring (bicyclic) bond motifs is 1. The molecule has 32 heavy (non-hydrogen) atoms. The normalized spacial score (nSPS) is 13.3. The fraction of sp³-hybridized carbons (Fsp3) is 0.174. The van der Waals surface area contributed by atoms with Crippen LogP contribution < -0.4 is 5.73 Å². The van der Waals surface area contributed by atoms with E-state index in [0.29, 0.717) is 34.7 Å². The lowest BCUT2D eigenvalue weighted by Crippen LogP contribution is -2.28. The van der Waals surface area contributed by atoms with E-state index in [-0.39, 0.29) is 5.95 Å². The molecule has 0 aliphatic carbocycles. The smallest absolute Gasteiger partial charge is 0.220 e. The van der Waals surface area contributed by atoms with Gasteiger partial charge in [-0.3, -0.25) is 4.68 Å². The molecule has 0 aliphatic rings. The van der Waals surface area contributed by atoms with Crippen LogP contribution in [-0.2, 0) is 12.6 Å². The molecule has 160 valence electrons. The standard InChI is InChI=1S/C23H22N8O/c1-3-23(32,15-7-5-4-6-8-15)19-9-17(29-22(24)30-19)16-11-25-21-20(16)28-18(12-26-21)14-10-27-31(2)13-14/h4-13,32H,3H2,1-2H3,(H,25,26)(H2,24,29,30). The van der Waals surface area contributed by atoms with Crippen LogP contribution in [0.4, 0.5) is 5.95 Å². The van der Waals surface area contributed by atoms with Gasteiger partial charge in [0.1, 0.15) is 11.1 Å². The second kappa shape index (κ2) is 7.54. The maximum Gasteiger partial charge on any atom is 0.220 e. The van der Waals surface area contributed by atoms with Crippen LogP contribution in [0.1, 0.15) is 24.6 Å². The van der Waals surface area contributed by atoms with Crippen LogP contribution >= 0.6 is 0 Å². The molecule has 0 fully saturated rings. The predicted molar refractivity (Wildman–Crippen MR) is 121 cm³/mol. The largest absolute Gasteiger partial charge is 0.379 e. The first kappa shape index (κ1) is 19.8. The lowest BCUT2D eigenvalue weighted by Gasteiger charge is -2.27. The summed E-state index contributed by atoms with van der Waals surface area (Å²) in [4.78, 5) is 21.2. The first-order valence-corrected chi connectivity index (χ1v) is 10.2. The van der Waals surface area contributed by atoms with Crippen LogP contribution in [0.15, 0.2) is 61.2 Å². The minimum absolute atomic E-state index is 0.0750. The molecule has 9 heteroatoms. The van der Waals surface area contributed by atoms with Crippen LogP contribution in [0.3, 0.4) is 0 Å². The molecule has 0 saturated heterocycles. The van der Waals surface area contributed by atoms with E-state index in [1.807, 2.05) is 50.5 Å². The molecule has 9 nitrogen and oxygen atoms in total. The van der Waals surface area contributed by atoms with Gasteiger partial charge in [-0.05, 0) is 18.1 Å². The van der Waals surface area contributed by atoms with Gasteiger partial charge >= 0.3 is 0 Å². The van der Waals surface area contributed by atoms with Crippen LogP contribution in [0, 0.1) is 0 Å². The summed E-state index contributed by atoms with van der Waals surface area (Å²) in [7, 11) is 1.85. The lowest BCUT2D eigenvalue weighted by atomic mass is 9.87. The van der Waals surface area contributed by atoms with Crippen molar-refractivity contribution in [1.29, 1.82) is 0 Å². The molecule has 0 amide bonds. The number of aliphatic hydroxyl groups is 1. The zero-order valence-electron chi connectivity index (χ0n) is 17.7. The summed E-state index contributed by atoms with van der Waals surface area (Å²) >= 11 is 0. The minimum Gasteiger partial charge on any atom is -0.379 e. The quantitative estimate of drug-likeness (QED) is 0.393. The third-order valence-corrected chi connectivity index (χ3v) is 5.59. The molecule has 0 spiro atoms. The van der Waals surface area contributed by atoms with Crippen molar-refractivity contribution in [2.75, 3.05) is 5.73 Å². The van der Waals surface area contributed by atoms with E-state index < -0.39 is 5.60 Å². The first-order valence-electron chi connectivity index (χ1n) is 10.2. The summed E-state index contributed by atoms with van der Waals surface area (Å²) in [5.74, 6) is 0.0750. The fourth-order valence-electron chi connectivity index (χ4n) is 3.84. The summed E-state index contributed by atoms with van der Waals surface area (Å²) in [6, 6.07) is 11.2. The fourth-order valence-corrected chi connectivity index (χ4v) is 3.84. The van der Waals surface area contributed by atoms with Crippen molar-refractivity contribution in [3.63, 3.8) is 0 Å². The van der Waals surface area contributed by atoms with Crippen LogP contribution in [0.2, 0.25) is 0 Å². The van der Waals surface area contributed by atoms with Crippen molar-refractivity contribution >= 4 is 17.1 Å². The third kappa shape index (κ3) is 3.28. The molecular formula is C23H22N8O. The molecule has 1 atom stereocenters. The Hall–Kier alpha value is -4.11. The van der Waals surface area contributed by atoms with Crippen LogP contribution in [-0.4, -0.2) is 39.8 Å². The zero-order chi connectivity index (χ0) is 22.3. The average Bonchev–Trinajstić information content (AvgIpc) is 3.44. The Bertz CT molecular complexity index is 1410. The summed E-state index contributed by atoms with van der Waals surface area (Å²) in [6.45, 7) is 1.91. The molecule has 5 rings (SSSR count). The molecule has 5 aromatic rings. The Labute approximate surface area is 184 Å². The predicted octanol–water partition coefficient (Wildman–Crippen LogP) is 3.04. The molecule has 0 saturated carbocycles. The van der Waals surface area contributed by atoms with Gasteiger partial charge < -0.3 is 15.8 Å². The number of H-pyrrole nitrogens is 1. The number of aryl methyl sites for hydroxylation is 1. The number of nitrogens with one attached hydrogen (secondary N) is 1. The lowest BCUT2D eigenvalue weighted by molar-refractivity contribution is 0.0720. The van der Waals surface area contributed by atoms with Gasteiger partial charge in [-0.25, -0.2) is 19.9 Å². The molecule has 0 aliphatic heterocycles. The Kier molecular flexibility index (Phi) is 4.67. The Morgan fingerprint density at radius 3 is 2.62 bits per heavy atom. The number of aromatic amines is 1. The summed E-state index contributed by atoms with van der Waals surface area (Å²) in [5, 5.41) is 15.7. The SMILES string of the molecule is CCC(O)(c1ccccc1)c1cc(-c2c[nH]c3ncc(-c4cnn(C)c4)nc23)nc(N)n1. The maximum atomic E-state index is 11.5. The highest BCUT2D eigenvalue weighted by atomic mass is 16.3. The van der Waals surface area contributed by atoms with Crippen molar-refractivity contribution in [2.24, 2.45) is 7.05 Å². The highest BCUT2D eigenvalue weighted by Crippen LogP contribution is 2.35. The van der Waals surface area contributed by atoms with Crippen molar-refractivity contribution in [1.82, 2.24) is 34.7 Å². The number of hydrogen-bond donors (Lipinski definition) is 3. The highest BCUT2D eigenvalue weighted by molar-refractivity contribution is 5.90. The maximum absolute atomic E-state index is 11.5. The number of aromatic nitrogens is 7. The number of nitrogen functional groups attached to an aromatic ring is 1. The van der Waals surface area contributed by atoms with Gasteiger partial charge in [0.05, 0.1) is 29.5 Å². The Morgan fingerprint density at radius 2 is 1.91 bits per heavy atom. The van der Waals surface area contributed by atoms with Crippen molar-refractivity contribution in [3.05, 3.63) is 72.4 Å². The van der Waals surface area contributed by atoms with Gasteiger partial charge in [0.2, 0.25) is 5.95 Å². The van der Waals surface area contributed by atoms with Gasteiger partial charge in [0.15, 0.2) is 5.65 Å². The number of anilines is 1. The Morgan fingerprint density at radius 1 is 1.09 bits per heavy atom. The monoisotopic (exact) mass is 426 g/mol. The topological polar surface area (TPSA) is 131 Å². The van der Waals surface area contributed by atoms with E-state index in [1.165, 1.54) is 0 Å². The van der Waals surface area contributed by atoms with Gasteiger partial charge in [-0.2, -0.15) is 5.10 Å². The molecule has 0 radical (unpaired) electrons. The molecule has 4 aromatic heterocycles. The van der Waals surface area contributed by atoms with Crippen molar-refractivity contribution in [3.8, 4) is 22.5 Å². The molecule has 0 bridgehead atoms. The highest BCUT2D eigenvalue weighted by Gasteiger charge is 2.32. The van der Waals surface area contributed by atoms with E-state index in [1.54, 1.807) is 29.3 Å². The number of nitrogens with two attached hydrogens (primary N) is 1. The van der Waals surface area contributed by atoms with E-state index in [4.69, 9.17) is 10.7 Å². The van der Waals surface area contributed by atoms with Crippen molar-refractivity contribution < 1.29 is 5.11 Å². The van der Waals surface area contributed by atoms with Crippen LogP contribution in [0.25, 0.3) is 33.7 Å². The molecule has 4 heterocycles. The van der Waals surface area contributed by atoms with E-state index in [0.717, 1.165) is 16.7 Å². The van der Waals surface area contributed by atoms with Crippen LogP contribution in [0.5, 0.6) is 0 Å². The molecule has 1 unspecified atom stereocenters. The number of benzene rings is 1. The number of rotatable bonds is 5. The van der Waals surface area contributed by atoms with Gasteiger partial charge in [-0.1, -0.05) is 37.3 Å². The molecule has 4 N–H and O–H groups in total. The first-order chi connectivity index (χ1) is 15.5. The molecule has 1 aromatic carbocycles. The second-order valence-electron chi connectivity index (χ2n) is 7.63. The van der Waals surface area contributed by atoms with Crippen molar-refractivity contribution in [2.45, 2.75) is 18.9 Å². The molecular weight excluding hydrogens is 404 g/mol. The average molecular weight is 426 g/mol. The van der Waals surface area contributed by atoms with E-state index >= 15 is 0 Å². The van der Waals surface area contributed by atoms with Gasteiger partial charge in [-0.15, -0.1) is 0 Å². The van der Waals surface area contributed by atoms with E-state index in [9.17, 15) is 5.11 Å². The zero-order valence-corrected chi connectivity index (χ0v) is 17.7. The summed E-state index contributed by atoms with van der Waals surface area (Å²) in [6.07, 6.45) is 7.53. The third-order valence-electron chi connectivity index (χ3n) is 5.59. The summed E-state index contributed by atoms with van der Waals surface area (Å²) in [5.41, 5.74) is 10.1.